The van der Waals surface area contributed by atoms with Crippen LogP contribution in [0, 0.1) is 6.92 Å². The highest BCUT2D eigenvalue weighted by atomic mass is 16.5. The summed E-state index contributed by atoms with van der Waals surface area (Å²) in [6, 6.07) is 0. The Labute approximate surface area is 103 Å². The van der Waals surface area contributed by atoms with Gasteiger partial charge in [0, 0.05) is 19.3 Å². The maximum absolute atomic E-state index is 5.61. The van der Waals surface area contributed by atoms with Gasteiger partial charge in [0.05, 0.1) is 5.69 Å². The first-order valence-electron chi connectivity index (χ1n) is 6.46. The molecule has 1 N–H and O–H groups in total. The van der Waals surface area contributed by atoms with Gasteiger partial charge in [-0.05, 0) is 38.3 Å². The monoisotopic (exact) mass is 235 g/mol. The molecule has 2 heterocycles. The van der Waals surface area contributed by atoms with E-state index in [0.717, 1.165) is 56.0 Å². The third-order valence-electron chi connectivity index (χ3n) is 3.03. The molecule has 1 saturated heterocycles. The Morgan fingerprint density at radius 1 is 1.53 bits per heavy atom. The van der Waals surface area contributed by atoms with Gasteiger partial charge in [-0.2, -0.15) is 0 Å². The van der Waals surface area contributed by atoms with Gasteiger partial charge in [0.2, 0.25) is 0 Å². The lowest BCUT2D eigenvalue weighted by Gasteiger charge is -2.11. The number of aryl methyl sites for hydroxylation is 1. The first-order valence-corrected chi connectivity index (χ1v) is 6.46. The Bertz CT molecular complexity index is 362. The summed E-state index contributed by atoms with van der Waals surface area (Å²) in [6.45, 7) is 6.91. The predicted molar refractivity (Wildman–Crippen MR) is 66.7 cm³/mol. The number of ether oxygens (including phenoxy) is 1. The molecule has 1 fully saturated rings. The summed E-state index contributed by atoms with van der Waals surface area (Å²) in [5.41, 5.74) is 2.24. The van der Waals surface area contributed by atoms with Gasteiger partial charge >= 0.3 is 0 Å². The molecule has 0 radical (unpaired) electrons. The maximum Gasteiger partial charge on any atom is 0.157 e. The molecule has 0 saturated carbocycles. The third kappa shape index (κ3) is 3.23. The molecule has 1 atom stereocenters. The van der Waals surface area contributed by atoms with Crippen LogP contribution < -0.4 is 5.32 Å². The molecule has 0 spiro atoms. The van der Waals surface area contributed by atoms with Gasteiger partial charge in [-0.15, -0.1) is 0 Å². The maximum atomic E-state index is 5.61. The Kier molecular flexibility index (Phi) is 4.45. The zero-order chi connectivity index (χ0) is 12.1. The van der Waals surface area contributed by atoms with Crippen LogP contribution in [0.1, 0.15) is 49.4 Å². The summed E-state index contributed by atoms with van der Waals surface area (Å²) in [7, 11) is 0. The van der Waals surface area contributed by atoms with Crippen molar-refractivity contribution >= 4 is 0 Å². The van der Waals surface area contributed by atoms with Crippen molar-refractivity contribution in [3.05, 3.63) is 23.3 Å². The van der Waals surface area contributed by atoms with Gasteiger partial charge in [0.25, 0.3) is 0 Å². The van der Waals surface area contributed by atoms with Gasteiger partial charge in [0.15, 0.2) is 5.82 Å². The second kappa shape index (κ2) is 6.07. The lowest BCUT2D eigenvalue weighted by Crippen LogP contribution is -2.17. The average molecular weight is 235 g/mol. The van der Waals surface area contributed by atoms with Crippen molar-refractivity contribution in [3.8, 4) is 0 Å². The summed E-state index contributed by atoms with van der Waals surface area (Å²) >= 11 is 0. The van der Waals surface area contributed by atoms with E-state index in [1.54, 1.807) is 0 Å². The van der Waals surface area contributed by atoms with Crippen LogP contribution in [-0.4, -0.2) is 23.1 Å². The van der Waals surface area contributed by atoms with E-state index in [9.17, 15) is 0 Å². The largest absolute Gasteiger partial charge is 0.370 e. The topological polar surface area (TPSA) is 47.0 Å². The van der Waals surface area contributed by atoms with E-state index in [2.05, 4.69) is 29.1 Å². The number of hydrogen-bond acceptors (Lipinski definition) is 4. The van der Waals surface area contributed by atoms with E-state index in [-0.39, 0.29) is 6.10 Å². The summed E-state index contributed by atoms with van der Waals surface area (Å²) in [5.74, 6) is 0.849. The van der Waals surface area contributed by atoms with Crippen molar-refractivity contribution in [2.45, 2.75) is 45.8 Å². The second-order valence-corrected chi connectivity index (χ2v) is 4.54. The molecule has 1 aromatic heterocycles. The fourth-order valence-electron chi connectivity index (χ4n) is 1.99. The molecule has 0 aliphatic carbocycles. The molecule has 2 rings (SSSR count). The van der Waals surface area contributed by atoms with Crippen LogP contribution in [0.15, 0.2) is 6.20 Å². The lowest BCUT2D eigenvalue weighted by atomic mass is 10.2. The van der Waals surface area contributed by atoms with Crippen LogP contribution in [0.4, 0.5) is 0 Å². The quantitative estimate of drug-likeness (QED) is 0.794. The lowest BCUT2D eigenvalue weighted by molar-refractivity contribution is 0.105. The van der Waals surface area contributed by atoms with Crippen LogP contribution >= 0.6 is 0 Å². The minimum absolute atomic E-state index is 0.112. The Morgan fingerprint density at radius 3 is 3.12 bits per heavy atom. The van der Waals surface area contributed by atoms with E-state index in [1.807, 2.05) is 6.20 Å². The molecule has 1 unspecified atom stereocenters. The highest BCUT2D eigenvalue weighted by Crippen LogP contribution is 2.25. The summed E-state index contributed by atoms with van der Waals surface area (Å²) in [5, 5.41) is 3.38. The Balaban J connectivity index is 2.05. The fraction of sp³-hybridized carbons (Fsp3) is 0.692. The van der Waals surface area contributed by atoms with E-state index < -0.39 is 0 Å². The molecule has 94 valence electrons. The second-order valence-electron chi connectivity index (χ2n) is 4.54. The third-order valence-corrected chi connectivity index (χ3v) is 3.03. The van der Waals surface area contributed by atoms with Crippen LogP contribution in [-0.2, 0) is 11.3 Å². The molecular weight excluding hydrogens is 214 g/mol. The van der Waals surface area contributed by atoms with Gasteiger partial charge in [-0.1, -0.05) is 6.92 Å². The first-order chi connectivity index (χ1) is 8.31. The molecule has 0 bridgehead atoms. The highest BCUT2D eigenvalue weighted by Gasteiger charge is 2.20. The van der Waals surface area contributed by atoms with Crippen molar-refractivity contribution < 1.29 is 4.74 Å². The van der Waals surface area contributed by atoms with Gasteiger partial charge in [-0.25, -0.2) is 9.97 Å². The van der Waals surface area contributed by atoms with E-state index in [4.69, 9.17) is 4.74 Å². The van der Waals surface area contributed by atoms with Gasteiger partial charge in [0.1, 0.15) is 6.10 Å². The molecule has 4 nitrogen and oxygen atoms in total. The van der Waals surface area contributed by atoms with Crippen LogP contribution in [0.3, 0.4) is 0 Å². The Hall–Kier alpha value is -1.00. The van der Waals surface area contributed by atoms with Crippen molar-refractivity contribution in [3.63, 3.8) is 0 Å². The van der Waals surface area contributed by atoms with E-state index >= 15 is 0 Å². The minimum atomic E-state index is 0.112. The smallest absolute Gasteiger partial charge is 0.157 e. The number of rotatable bonds is 5. The molecule has 4 heteroatoms. The number of hydrogen-bond donors (Lipinski definition) is 1. The molecule has 0 amide bonds. The zero-order valence-corrected chi connectivity index (χ0v) is 10.7. The normalized spacial score (nSPS) is 19.8. The molecule has 1 aromatic rings. The minimum Gasteiger partial charge on any atom is -0.370 e. The van der Waals surface area contributed by atoms with Crippen molar-refractivity contribution in [2.24, 2.45) is 0 Å². The highest BCUT2D eigenvalue weighted by molar-refractivity contribution is 5.16. The SMILES string of the molecule is CCCNCc1nc(C2CCCO2)ncc1C. The number of aromatic nitrogens is 2. The van der Waals surface area contributed by atoms with Gasteiger partial charge < -0.3 is 10.1 Å². The summed E-state index contributed by atoms with van der Waals surface area (Å²) in [6.07, 6.45) is 5.33. The number of nitrogens with zero attached hydrogens (tertiary/aromatic N) is 2. The fourth-order valence-corrected chi connectivity index (χ4v) is 1.99. The van der Waals surface area contributed by atoms with E-state index in [0.29, 0.717) is 0 Å². The summed E-state index contributed by atoms with van der Waals surface area (Å²) < 4.78 is 5.61. The predicted octanol–water partition coefficient (Wildman–Crippen LogP) is 2.14. The standard InChI is InChI=1S/C13H21N3O/c1-3-6-14-9-11-10(2)8-15-13(16-11)12-5-4-7-17-12/h8,12,14H,3-7,9H2,1-2H3. The van der Waals surface area contributed by atoms with E-state index in [1.165, 1.54) is 0 Å². The molecule has 0 aromatic carbocycles. The Morgan fingerprint density at radius 2 is 2.41 bits per heavy atom. The average Bonchev–Trinajstić information content (AvgIpc) is 2.85. The van der Waals surface area contributed by atoms with Crippen molar-refractivity contribution in [1.29, 1.82) is 0 Å². The number of nitrogens with one attached hydrogen (secondary N) is 1. The molecule has 1 aliphatic heterocycles. The zero-order valence-electron chi connectivity index (χ0n) is 10.7. The molecule has 1 aliphatic rings. The molecular formula is C13H21N3O. The van der Waals surface area contributed by atoms with Crippen molar-refractivity contribution in [1.82, 2.24) is 15.3 Å². The first kappa shape index (κ1) is 12.5. The summed E-state index contributed by atoms with van der Waals surface area (Å²) in [4.78, 5) is 9.01. The van der Waals surface area contributed by atoms with Crippen LogP contribution in [0.5, 0.6) is 0 Å². The van der Waals surface area contributed by atoms with Crippen molar-refractivity contribution in [2.75, 3.05) is 13.2 Å². The molecule has 17 heavy (non-hydrogen) atoms. The van der Waals surface area contributed by atoms with Crippen LogP contribution in [0.2, 0.25) is 0 Å². The van der Waals surface area contributed by atoms with Gasteiger partial charge in [-0.3, -0.25) is 0 Å². The van der Waals surface area contributed by atoms with Crippen LogP contribution in [0.25, 0.3) is 0 Å².